The van der Waals surface area contributed by atoms with Crippen molar-refractivity contribution in [1.29, 1.82) is 0 Å². The van der Waals surface area contributed by atoms with E-state index in [9.17, 15) is 25.9 Å². The first-order valence-corrected chi connectivity index (χ1v) is 22.2. The number of unbranched alkanes of at least 4 members (excludes halogenated alkanes) is 2. The molecule has 0 aliphatic carbocycles. The Morgan fingerprint density at radius 3 is 1.84 bits per heavy atom. The Kier molecular flexibility index (Phi) is 12.0. The number of fused-ring (bicyclic) bond motifs is 6. The van der Waals surface area contributed by atoms with Crippen LogP contribution in [0.25, 0.3) is 21.5 Å². The van der Waals surface area contributed by atoms with Gasteiger partial charge >= 0.3 is 0 Å². The Morgan fingerprint density at radius 1 is 0.655 bits per heavy atom. The summed E-state index contributed by atoms with van der Waals surface area (Å²) in [4.78, 5) is 3.54. The highest BCUT2D eigenvalue weighted by Gasteiger charge is 2.48. The minimum Gasteiger partial charge on any atom is -0.748 e. The zero-order valence-electron chi connectivity index (χ0n) is 32.1. The molecule has 290 valence electrons. The maximum atomic E-state index is 11.3. The zero-order chi connectivity index (χ0) is 39.4. The Morgan fingerprint density at radius 2 is 1.20 bits per heavy atom. The highest BCUT2D eigenvalue weighted by atomic mass is 32.2. The summed E-state index contributed by atoms with van der Waals surface area (Å²) in [5, 5.41) is 4.79. The topological polar surface area (TPSA) is 122 Å². The maximum Gasteiger partial charge on any atom is 0.136 e. The summed E-state index contributed by atoms with van der Waals surface area (Å²) in [6.45, 7) is 10.3. The van der Waals surface area contributed by atoms with Gasteiger partial charge in [-0.25, -0.2) is 16.8 Å². The molecule has 0 aromatic heterocycles. The number of quaternary nitrogens is 1. The van der Waals surface area contributed by atoms with Gasteiger partial charge in [-0.2, -0.15) is 0 Å². The molecular weight excluding hydrogens is 729 g/mol. The molecule has 8 nitrogen and oxygen atoms in total. The number of benzene rings is 4. The summed E-state index contributed by atoms with van der Waals surface area (Å²) in [5.74, 6) is -0.699. The average Bonchev–Trinajstić information content (AvgIpc) is 3.48. The normalized spacial score (nSPS) is 20.3. The van der Waals surface area contributed by atoms with E-state index in [2.05, 4.69) is 118 Å². The van der Waals surface area contributed by atoms with E-state index in [1.165, 1.54) is 43.3 Å². The van der Waals surface area contributed by atoms with E-state index in [1.54, 1.807) is 0 Å². The molecule has 4 aromatic carbocycles. The molecule has 1 N–H and O–H groups in total. The van der Waals surface area contributed by atoms with Crippen LogP contribution in [-0.2, 0) is 31.1 Å². The third-order valence-corrected chi connectivity index (χ3v) is 12.7. The standard InChI is InChI=1S/C45H52N2O6S2/c1-44(2)40(46(30-16-18-32-54(48,49)50)38-28-26-34-20-12-14-22-36(34)42(38)44)24-10-8-6-5-7-9-11-25-41-45(3,4)43-37-23-15-13-21-35(37)27-29-39(43)47(41)31-17-19-33-55(51,52)53/h5-15,20-29,40H,16-19,30-33H2,1-4H3,(H,48,49,50)(H,51,52,53)/p-1/b7-5+,8-6+,11-9+,24-10+,41-25+. The molecule has 0 bridgehead atoms. The number of anilines is 1. The molecule has 2 heterocycles. The second-order valence-corrected chi connectivity index (χ2v) is 18.7. The summed E-state index contributed by atoms with van der Waals surface area (Å²) in [6.07, 6.45) is 20.3. The Bertz CT molecular complexity index is 2420. The highest BCUT2D eigenvalue weighted by Crippen LogP contribution is 2.51. The predicted octanol–water partition coefficient (Wildman–Crippen LogP) is 7.73. The van der Waals surface area contributed by atoms with Crippen molar-refractivity contribution >= 4 is 53.2 Å². The van der Waals surface area contributed by atoms with Crippen LogP contribution in [0.4, 0.5) is 11.4 Å². The molecule has 2 unspecified atom stereocenters. The second-order valence-electron chi connectivity index (χ2n) is 15.7. The van der Waals surface area contributed by atoms with Gasteiger partial charge < -0.3 is 14.0 Å². The van der Waals surface area contributed by atoms with Crippen LogP contribution in [-0.4, -0.2) is 56.6 Å². The molecule has 2 atom stereocenters. The lowest BCUT2D eigenvalue weighted by atomic mass is 9.78. The van der Waals surface area contributed by atoms with E-state index in [-0.39, 0.29) is 28.4 Å². The molecular formula is C45H51N2O6S2-. The van der Waals surface area contributed by atoms with Crippen molar-refractivity contribution in [3.8, 4) is 0 Å². The highest BCUT2D eigenvalue weighted by molar-refractivity contribution is 7.85. The monoisotopic (exact) mass is 779 g/mol. The number of hydrogen-bond donors (Lipinski definition) is 1. The Hall–Kier alpha value is -4.32. The van der Waals surface area contributed by atoms with Crippen molar-refractivity contribution in [2.24, 2.45) is 0 Å². The van der Waals surface area contributed by atoms with Gasteiger partial charge in [0.1, 0.15) is 11.7 Å². The van der Waals surface area contributed by atoms with Crippen LogP contribution in [0, 0.1) is 0 Å². The summed E-state index contributed by atoms with van der Waals surface area (Å²) in [6, 6.07) is 25.5. The van der Waals surface area contributed by atoms with E-state index < -0.39 is 20.2 Å². The fourth-order valence-electron chi connectivity index (χ4n) is 8.70. The lowest BCUT2D eigenvalue weighted by molar-refractivity contribution is -0.850. The lowest BCUT2D eigenvalue weighted by Gasteiger charge is -2.27. The van der Waals surface area contributed by atoms with Gasteiger partial charge in [-0.15, -0.1) is 0 Å². The van der Waals surface area contributed by atoms with Crippen LogP contribution >= 0.6 is 0 Å². The molecule has 2 aliphatic heterocycles. The third-order valence-electron chi connectivity index (χ3n) is 11.2. The molecule has 0 saturated carbocycles. The van der Waals surface area contributed by atoms with Crippen LogP contribution in [0.2, 0.25) is 0 Å². The van der Waals surface area contributed by atoms with E-state index in [4.69, 9.17) is 0 Å². The summed E-state index contributed by atoms with van der Waals surface area (Å²) in [5.41, 5.74) is 5.51. The first-order chi connectivity index (χ1) is 26.1. The van der Waals surface area contributed by atoms with Gasteiger partial charge in [-0.05, 0) is 90.9 Å². The van der Waals surface area contributed by atoms with Crippen molar-refractivity contribution in [1.82, 2.24) is 0 Å². The fraction of sp³-hybridized carbons (Fsp3) is 0.333. The Balaban J connectivity index is 1.17. The summed E-state index contributed by atoms with van der Waals surface area (Å²) < 4.78 is 67.5. The van der Waals surface area contributed by atoms with Crippen LogP contribution in [0.3, 0.4) is 0 Å². The minimum absolute atomic E-state index is 0.112. The first-order valence-electron chi connectivity index (χ1n) is 19.0. The van der Waals surface area contributed by atoms with Gasteiger partial charge in [-0.1, -0.05) is 111 Å². The molecule has 6 rings (SSSR count). The van der Waals surface area contributed by atoms with Gasteiger partial charge in [0.2, 0.25) is 0 Å². The number of allylic oxidation sites excluding steroid dienone is 9. The first kappa shape index (κ1) is 40.3. The molecule has 4 aromatic rings. The molecule has 2 aliphatic rings. The lowest BCUT2D eigenvalue weighted by Crippen LogP contribution is -3.10. The van der Waals surface area contributed by atoms with Gasteiger partial charge in [0, 0.05) is 46.5 Å². The number of nitrogens with zero attached hydrogens (tertiary/aromatic N) is 1. The number of nitrogens with one attached hydrogen (secondary N) is 1. The molecule has 0 radical (unpaired) electrons. The summed E-state index contributed by atoms with van der Waals surface area (Å²) in [7, 11) is -8.49. The van der Waals surface area contributed by atoms with Crippen LogP contribution in [0.15, 0.2) is 133 Å². The van der Waals surface area contributed by atoms with Crippen molar-refractivity contribution in [3.63, 3.8) is 0 Å². The maximum absolute atomic E-state index is 11.3. The van der Waals surface area contributed by atoms with Crippen LogP contribution < -0.4 is 9.80 Å². The van der Waals surface area contributed by atoms with Gasteiger partial charge in [0.15, 0.2) is 0 Å². The zero-order valence-corrected chi connectivity index (χ0v) is 33.7. The van der Waals surface area contributed by atoms with E-state index in [1.807, 2.05) is 42.5 Å². The predicted molar refractivity (Wildman–Crippen MR) is 223 cm³/mol. The molecule has 0 spiro atoms. The molecule has 55 heavy (non-hydrogen) atoms. The molecule has 0 amide bonds. The smallest absolute Gasteiger partial charge is 0.136 e. The number of hydrogen-bond acceptors (Lipinski definition) is 7. The average molecular weight is 780 g/mol. The SMILES string of the molecule is CC1(C)\C(=C/C=C/C=C/C=C/C=C/C2[NH+](CCCCS(=O)(=O)[O-])c3ccc4ccccc4c3C2(C)C)N(CCCCS(=O)(=O)[O-])c2ccc3ccccc3c21. The largest absolute Gasteiger partial charge is 0.748 e. The van der Waals surface area contributed by atoms with Gasteiger partial charge in [-0.3, -0.25) is 4.90 Å². The fourth-order valence-corrected chi connectivity index (χ4v) is 9.82. The van der Waals surface area contributed by atoms with E-state index in [0.717, 1.165) is 17.9 Å². The van der Waals surface area contributed by atoms with Gasteiger partial charge in [0.05, 0.1) is 32.2 Å². The number of rotatable bonds is 15. The quantitative estimate of drug-likeness (QED) is 0.0745. The second kappa shape index (κ2) is 16.4. The van der Waals surface area contributed by atoms with E-state index >= 15 is 0 Å². The van der Waals surface area contributed by atoms with Gasteiger partial charge in [0.25, 0.3) is 0 Å². The van der Waals surface area contributed by atoms with Crippen molar-refractivity contribution < 1.29 is 30.8 Å². The molecule has 10 heteroatoms. The van der Waals surface area contributed by atoms with E-state index in [0.29, 0.717) is 32.2 Å². The molecule has 0 saturated heterocycles. The molecule has 0 fully saturated rings. The third kappa shape index (κ3) is 9.06. The summed E-state index contributed by atoms with van der Waals surface area (Å²) >= 11 is 0. The van der Waals surface area contributed by atoms with Crippen LogP contribution in [0.1, 0.15) is 64.5 Å². The van der Waals surface area contributed by atoms with Crippen LogP contribution in [0.5, 0.6) is 0 Å². The van der Waals surface area contributed by atoms with Crippen molar-refractivity contribution in [2.45, 2.75) is 70.3 Å². The minimum atomic E-state index is -4.25. The Labute approximate surface area is 326 Å². The van der Waals surface area contributed by atoms with Crippen molar-refractivity contribution in [2.75, 3.05) is 29.5 Å². The van der Waals surface area contributed by atoms with Crippen molar-refractivity contribution in [3.05, 3.63) is 144 Å².